The van der Waals surface area contributed by atoms with Crippen molar-refractivity contribution in [2.24, 2.45) is 11.3 Å². The summed E-state index contributed by atoms with van der Waals surface area (Å²) in [4.78, 5) is 12.4. The predicted octanol–water partition coefficient (Wildman–Crippen LogP) is 2.59. The van der Waals surface area contributed by atoms with Crippen molar-refractivity contribution in [3.05, 3.63) is 17.9 Å². The molecular formula is C16H22ClFN2O3. The SMILES string of the molecule is COc1cc(F)c(NC(=O)C2CC23CCNCC3)cc1OC.Cl. The molecule has 1 saturated heterocycles. The van der Waals surface area contributed by atoms with E-state index in [4.69, 9.17) is 9.47 Å². The van der Waals surface area contributed by atoms with Crippen molar-refractivity contribution in [1.82, 2.24) is 5.32 Å². The number of nitrogens with one attached hydrogen (secondary N) is 2. The fourth-order valence-electron chi connectivity index (χ4n) is 3.37. The number of carbonyl (C=O) groups is 1. The first kappa shape index (κ1) is 17.8. The Hall–Kier alpha value is -1.53. The highest BCUT2D eigenvalue weighted by atomic mass is 35.5. The molecule has 1 aromatic carbocycles. The molecule has 0 aromatic heterocycles. The minimum absolute atomic E-state index is 0. The second-order valence-corrected chi connectivity index (χ2v) is 6.05. The Morgan fingerprint density at radius 3 is 2.48 bits per heavy atom. The molecule has 128 valence electrons. The van der Waals surface area contributed by atoms with Crippen molar-refractivity contribution in [3.63, 3.8) is 0 Å². The largest absolute Gasteiger partial charge is 0.493 e. The molecule has 1 amide bonds. The molecule has 1 heterocycles. The van der Waals surface area contributed by atoms with Crippen molar-refractivity contribution >= 4 is 24.0 Å². The first-order valence-corrected chi connectivity index (χ1v) is 7.53. The first-order chi connectivity index (χ1) is 10.6. The molecule has 1 aromatic rings. The van der Waals surface area contributed by atoms with Gasteiger partial charge in [0.2, 0.25) is 5.91 Å². The molecule has 2 N–H and O–H groups in total. The van der Waals surface area contributed by atoms with Crippen LogP contribution >= 0.6 is 12.4 Å². The Labute approximate surface area is 141 Å². The summed E-state index contributed by atoms with van der Waals surface area (Å²) in [7, 11) is 2.92. The molecule has 1 aliphatic heterocycles. The van der Waals surface area contributed by atoms with Crippen LogP contribution in [0.2, 0.25) is 0 Å². The van der Waals surface area contributed by atoms with E-state index in [-0.39, 0.29) is 35.3 Å². The second kappa shape index (κ2) is 6.93. The number of hydrogen-bond donors (Lipinski definition) is 2. The number of halogens is 2. The summed E-state index contributed by atoms with van der Waals surface area (Å²) in [6.45, 7) is 1.91. The van der Waals surface area contributed by atoms with E-state index in [2.05, 4.69) is 10.6 Å². The van der Waals surface area contributed by atoms with Gasteiger partial charge in [-0.2, -0.15) is 0 Å². The number of anilines is 1. The van der Waals surface area contributed by atoms with Gasteiger partial charge in [-0.1, -0.05) is 0 Å². The van der Waals surface area contributed by atoms with E-state index in [9.17, 15) is 9.18 Å². The van der Waals surface area contributed by atoms with Gasteiger partial charge in [0.15, 0.2) is 17.3 Å². The topological polar surface area (TPSA) is 59.6 Å². The Morgan fingerprint density at radius 1 is 1.26 bits per heavy atom. The number of rotatable bonds is 4. The number of benzene rings is 1. The van der Waals surface area contributed by atoms with E-state index in [1.54, 1.807) is 0 Å². The van der Waals surface area contributed by atoms with E-state index < -0.39 is 5.82 Å². The molecule has 1 unspecified atom stereocenters. The average Bonchev–Trinajstić information content (AvgIpc) is 3.22. The normalized spacial score (nSPS) is 21.3. The first-order valence-electron chi connectivity index (χ1n) is 7.53. The fourth-order valence-corrected chi connectivity index (χ4v) is 3.37. The van der Waals surface area contributed by atoms with Crippen molar-refractivity contribution in [3.8, 4) is 11.5 Å². The summed E-state index contributed by atoms with van der Waals surface area (Å²) in [5.74, 6) is 0.0620. The van der Waals surface area contributed by atoms with Crippen molar-refractivity contribution in [2.75, 3.05) is 32.6 Å². The van der Waals surface area contributed by atoms with Crippen molar-refractivity contribution in [2.45, 2.75) is 19.3 Å². The Kier molecular flexibility index (Phi) is 5.37. The van der Waals surface area contributed by atoms with Crippen LogP contribution < -0.4 is 20.1 Å². The van der Waals surface area contributed by atoms with E-state index >= 15 is 0 Å². The predicted molar refractivity (Wildman–Crippen MR) is 88.0 cm³/mol. The van der Waals surface area contributed by atoms with Gasteiger partial charge in [0.05, 0.1) is 19.9 Å². The van der Waals surface area contributed by atoms with Crippen LogP contribution in [0.25, 0.3) is 0 Å². The number of carbonyl (C=O) groups excluding carboxylic acids is 1. The van der Waals surface area contributed by atoms with Gasteiger partial charge in [0.25, 0.3) is 0 Å². The van der Waals surface area contributed by atoms with Crippen LogP contribution in [-0.4, -0.2) is 33.2 Å². The third-order valence-corrected chi connectivity index (χ3v) is 4.84. The fraction of sp³-hybridized carbons (Fsp3) is 0.562. The van der Waals surface area contributed by atoms with Crippen LogP contribution in [0.15, 0.2) is 12.1 Å². The zero-order valence-corrected chi connectivity index (χ0v) is 14.1. The number of ether oxygens (including phenoxy) is 2. The van der Waals surface area contributed by atoms with Gasteiger partial charge in [-0.15, -0.1) is 12.4 Å². The number of amides is 1. The third kappa shape index (κ3) is 3.38. The molecule has 1 atom stereocenters. The van der Waals surface area contributed by atoms with Crippen LogP contribution in [0.3, 0.4) is 0 Å². The molecule has 2 fully saturated rings. The molecule has 2 aliphatic rings. The van der Waals surface area contributed by atoms with Gasteiger partial charge < -0.3 is 20.1 Å². The summed E-state index contributed by atoms with van der Waals surface area (Å²) in [5.41, 5.74) is 0.265. The highest BCUT2D eigenvalue weighted by Crippen LogP contribution is 2.58. The number of methoxy groups -OCH3 is 2. The summed E-state index contributed by atoms with van der Waals surface area (Å²) in [6, 6.07) is 2.69. The minimum Gasteiger partial charge on any atom is -0.493 e. The van der Waals surface area contributed by atoms with Crippen LogP contribution in [-0.2, 0) is 4.79 Å². The van der Waals surface area contributed by atoms with Gasteiger partial charge in [0.1, 0.15) is 0 Å². The Balaban J connectivity index is 0.00000192. The highest BCUT2D eigenvalue weighted by Gasteiger charge is 2.57. The van der Waals surface area contributed by atoms with Gasteiger partial charge >= 0.3 is 0 Å². The van der Waals surface area contributed by atoms with Gasteiger partial charge in [-0.05, 0) is 37.8 Å². The monoisotopic (exact) mass is 344 g/mol. The van der Waals surface area contributed by atoms with E-state index in [1.165, 1.54) is 26.4 Å². The smallest absolute Gasteiger partial charge is 0.228 e. The average molecular weight is 345 g/mol. The van der Waals surface area contributed by atoms with Crippen LogP contribution in [0.5, 0.6) is 11.5 Å². The Morgan fingerprint density at radius 2 is 1.87 bits per heavy atom. The molecule has 1 saturated carbocycles. The summed E-state index contributed by atoms with van der Waals surface area (Å²) in [5, 5.41) is 6.00. The molecule has 1 spiro atoms. The lowest BCUT2D eigenvalue weighted by molar-refractivity contribution is -0.118. The van der Waals surface area contributed by atoms with Crippen molar-refractivity contribution in [1.29, 1.82) is 0 Å². The van der Waals surface area contributed by atoms with Crippen molar-refractivity contribution < 1.29 is 18.7 Å². The van der Waals surface area contributed by atoms with Crippen LogP contribution in [0.1, 0.15) is 19.3 Å². The second-order valence-electron chi connectivity index (χ2n) is 6.05. The molecule has 5 nitrogen and oxygen atoms in total. The van der Waals surface area contributed by atoms with E-state index in [1.807, 2.05) is 0 Å². The molecule has 7 heteroatoms. The molecule has 3 rings (SSSR count). The van der Waals surface area contributed by atoms with E-state index in [0.29, 0.717) is 11.5 Å². The standard InChI is InChI=1S/C16H21FN2O3.ClH/c1-21-13-7-11(17)12(8-14(13)22-2)19-15(20)10-9-16(10)3-5-18-6-4-16;/h7-8,10,18H,3-6,9H2,1-2H3,(H,19,20);1H. The molecule has 0 bridgehead atoms. The van der Waals surface area contributed by atoms with Crippen LogP contribution in [0, 0.1) is 17.2 Å². The highest BCUT2D eigenvalue weighted by molar-refractivity contribution is 5.95. The maximum Gasteiger partial charge on any atom is 0.228 e. The minimum atomic E-state index is -0.522. The van der Waals surface area contributed by atoms with Gasteiger partial charge in [0, 0.05) is 18.1 Å². The molecule has 1 aliphatic carbocycles. The summed E-state index contributed by atoms with van der Waals surface area (Å²) in [6.07, 6.45) is 2.93. The third-order valence-electron chi connectivity index (χ3n) is 4.84. The quantitative estimate of drug-likeness (QED) is 0.881. The molecule has 23 heavy (non-hydrogen) atoms. The Bertz CT molecular complexity index is 591. The van der Waals surface area contributed by atoms with E-state index in [0.717, 1.165) is 32.4 Å². The molecule has 0 radical (unpaired) electrons. The zero-order chi connectivity index (χ0) is 15.7. The molecular weight excluding hydrogens is 323 g/mol. The lowest BCUT2D eigenvalue weighted by Gasteiger charge is -2.23. The van der Waals surface area contributed by atoms with Gasteiger partial charge in [-0.3, -0.25) is 4.79 Å². The maximum absolute atomic E-state index is 14.1. The lowest BCUT2D eigenvalue weighted by atomic mass is 9.92. The number of piperidine rings is 1. The maximum atomic E-state index is 14.1. The lowest BCUT2D eigenvalue weighted by Crippen LogP contribution is -2.31. The van der Waals surface area contributed by atoms with Crippen LogP contribution in [0.4, 0.5) is 10.1 Å². The van der Waals surface area contributed by atoms with Gasteiger partial charge in [-0.25, -0.2) is 4.39 Å². The number of hydrogen-bond acceptors (Lipinski definition) is 4. The summed E-state index contributed by atoms with van der Waals surface area (Å²) < 4.78 is 24.3. The zero-order valence-electron chi connectivity index (χ0n) is 13.3. The summed E-state index contributed by atoms with van der Waals surface area (Å²) >= 11 is 0.